The molecule has 0 saturated heterocycles. The highest BCUT2D eigenvalue weighted by Crippen LogP contribution is 2.22. The van der Waals surface area contributed by atoms with Gasteiger partial charge in [0.25, 0.3) is 0 Å². The van der Waals surface area contributed by atoms with Gasteiger partial charge in [0, 0.05) is 31.4 Å². The zero-order valence-corrected chi connectivity index (χ0v) is 11.9. The monoisotopic (exact) mass is 267 g/mol. The Balaban J connectivity index is 2.69. The van der Waals surface area contributed by atoms with Crippen LogP contribution in [0.3, 0.4) is 0 Å². The Morgan fingerprint density at radius 3 is 2.67 bits per heavy atom. The fraction of sp³-hybridized carbons (Fsp3) is 0.357. The van der Waals surface area contributed by atoms with E-state index >= 15 is 0 Å². The lowest BCUT2D eigenvalue weighted by molar-refractivity contribution is -0.120. The van der Waals surface area contributed by atoms with Crippen molar-refractivity contribution in [3.8, 4) is 5.75 Å². The Morgan fingerprint density at radius 1 is 1.44 bits per heavy atom. The van der Waals surface area contributed by atoms with Crippen molar-refractivity contribution in [2.45, 2.75) is 20.0 Å². The zero-order valence-electron chi connectivity index (χ0n) is 11.1. The highest BCUT2D eigenvalue weighted by molar-refractivity contribution is 6.30. The first-order valence-electron chi connectivity index (χ1n) is 5.71. The first-order chi connectivity index (χ1) is 8.40. The molecule has 0 aromatic heterocycles. The number of aryl methyl sites for hydroxylation is 1. The number of halogens is 1. The zero-order chi connectivity index (χ0) is 13.7. The Bertz CT molecular complexity index is 455. The fourth-order valence-corrected chi connectivity index (χ4v) is 1.58. The molecule has 98 valence electrons. The first-order valence-corrected chi connectivity index (χ1v) is 6.09. The van der Waals surface area contributed by atoms with Crippen molar-refractivity contribution in [1.29, 1.82) is 0 Å². The third-order valence-electron chi connectivity index (χ3n) is 2.38. The van der Waals surface area contributed by atoms with Gasteiger partial charge in [0.2, 0.25) is 0 Å². The highest BCUT2D eigenvalue weighted by Gasteiger charge is 2.13. The van der Waals surface area contributed by atoms with E-state index in [-0.39, 0.29) is 5.78 Å². The molecule has 0 fully saturated rings. The second-order valence-electron chi connectivity index (χ2n) is 4.35. The van der Waals surface area contributed by atoms with E-state index in [4.69, 9.17) is 16.3 Å². The summed E-state index contributed by atoms with van der Waals surface area (Å²) in [6.07, 6.45) is 2.70. The van der Waals surface area contributed by atoms with E-state index in [1.54, 1.807) is 30.2 Å². The van der Waals surface area contributed by atoms with Crippen molar-refractivity contribution in [2.24, 2.45) is 0 Å². The maximum absolute atomic E-state index is 11.8. The molecule has 0 aliphatic carbocycles. The molecule has 1 rings (SSSR count). The van der Waals surface area contributed by atoms with Crippen molar-refractivity contribution in [1.82, 2.24) is 4.90 Å². The summed E-state index contributed by atoms with van der Waals surface area (Å²) in [5, 5.41) is 0.659. The summed E-state index contributed by atoms with van der Waals surface area (Å²) in [6, 6.07) is 5.33. The van der Waals surface area contributed by atoms with Crippen LogP contribution in [0.2, 0.25) is 5.02 Å². The molecule has 1 unspecified atom stereocenters. The normalized spacial score (nSPS) is 12.5. The van der Waals surface area contributed by atoms with Gasteiger partial charge in [-0.25, -0.2) is 0 Å². The van der Waals surface area contributed by atoms with Gasteiger partial charge < -0.3 is 9.64 Å². The van der Waals surface area contributed by atoms with Crippen molar-refractivity contribution >= 4 is 17.4 Å². The molecule has 0 N–H and O–H groups in total. The third-order valence-corrected chi connectivity index (χ3v) is 2.61. The molecule has 0 spiro atoms. The average molecular weight is 268 g/mol. The number of rotatable bonds is 5. The molecule has 0 aliphatic heterocycles. The summed E-state index contributed by atoms with van der Waals surface area (Å²) < 4.78 is 5.62. The topological polar surface area (TPSA) is 29.5 Å². The molecule has 4 heteroatoms. The van der Waals surface area contributed by atoms with Gasteiger partial charge in [0.15, 0.2) is 11.9 Å². The molecule has 0 amide bonds. The van der Waals surface area contributed by atoms with E-state index in [1.165, 1.54) is 6.08 Å². The summed E-state index contributed by atoms with van der Waals surface area (Å²) in [6.45, 7) is 3.63. The van der Waals surface area contributed by atoms with Crippen molar-refractivity contribution in [3.05, 3.63) is 41.1 Å². The largest absolute Gasteiger partial charge is 0.482 e. The van der Waals surface area contributed by atoms with Crippen molar-refractivity contribution in [2.75, 3.05) is 14.1 Å². The second kappa shape index (κ2) is 6.45. The molecule has 18 heavy (non-hydrogen) atoms. The van der Waals surface area contributed by atoms with Gasteiger partial charge in [-0.15, -0.1) is 0 Å². The molecule has 0 aliphatic rings. The molecule has 0 heterocycles. The maximum atomic E-state index is 11.8. The van der Waals surface area contributed by atoms with Crippen LogP contribution in [0.4, 0.5) is 0 Å². The van der Waals surface area contributed by atoms with Crippen LogP contribution < -0.4 is 4.74 Å². The Kier molecular flexibility index (Phi) is 5.23. The number of carbonyl (C=O) groups is 1. The van der Waals surface area contributed by atoms with Gasteiger partial charge in [-0.3, -0.25) is 4.79 Å². The SMILES string of the molecule is Cc1cc(Cl)ccc1OC(C)C(=O)/C=C/N(C)C. The number of benzene rings is 1. The molecule has 3 nitrogen and oxygen atoms in total. The highest BCUT2D eigenvalue weighted by atomic mass is 35.5. The molecule has 1 aromatic carbocycles. The minimum Gasteiger partial charge on any atom is -0.482 e. The minimum atomic E-state index is -0.513. The minimum absolute atomic E-state index is 0.0712. The predicted molar refractivity (Wildman–Crippen MR) is 74.1 cm³/mol. The second-order valence-corrected chi connectivity index (χ2v) is 4.79. The van der Waals surface area contributed by atoms with Crippen LogP contribution in [0.15, 0.2) is 30.5 Å². The summed E-state index contributed by atoms with van der Waals surface area (Å²) in [5.74, 6) is 0.608. The molecular formula is C14H18ClNO2. The quantitative estimate of drug-likeness (QED) is 0.768. The van der Waals surface area contributed by atoms with Crippen molar-refractivity contribution in [3.63, 3.8) is 0 Å². The summed E-state index contributed by atoms with van der Waals surface area (Å²) in [4.78, 5) is 13.6. The summed E-state index contributed by atoms with van der Waals surface area (Å²) in [5.41, 5.74) is 0.915. The van der Waals surface area contributed by atoms with E-state index in [9.17, 15) is 4.79 Å². The number of nitrogens with zero attached hydrogens (tertiary/aromatic N) is 1. The van der Waals surface area contributed by atoms with Crippen LogP contribution in [0.25, 0.3) is 0 Å². The van der Waals surface area contributed by atoms with Gasteiger partial charge in [-0.1, -0.05) is 11.6 Å². The van der Waals surface area contributed by atoms with Crippen LogP contribution in [0.5, 0.6) is 5.75 Å². The fourth-order valence-electron chi connectivity index (χ4n) is 1.35. The lowest BCUT2D eigenvalue weighted by Crippen LogP contribution is -2.22. The van der Waals surface area contributed by atoms with Crippen LogP contribution in [-0.4, -0.2) is 30.9 Å². The number of ether oxygens (including phenoxy) is 1. The first kappa shape index (κ1) is 14.6. The summed E-state index contributed by atoms with van der Waals surface area (Å²) >= 11 is 5.86. The van der Waals surface area contributed by atoms with Gasteiger partial charge in [0.05, 0.1) is 0 Å². The predicted octanol–water partition coefficient (Wildman–Crippen LogP) is 3.06. The summed E-state index contributed by atoms with van der Waals surface area (Å²) in [7, 11) is 3.72. The molecule has 0 saturated carbocycles. The van der Waals surface area contributed by atoms with Crippen LogP contribution in [0.1, 0.15) is 12.5 Å². The number of ketones is 1. The van der Waals surface area contributed by atoms with E-state index in [0.717, 1.165) is 5.56 Å². The van der Waals surface area contributed by atoms with E-state index < -0.39 is 6.10 Å². The Morgan fingerprint density at radius 2 is 2.11 bits per heavy atom. The molecule has 1 atom stereocenters. The van der Waals surface area contributed by atoms with Gasteiger partial charge in [-0.2, -0.15) is 0 Å². The smallest absolute Gasteiger partial charge is 0.197 e. The maximum Gasteiger partial charge on any atom is 0.197 e. The average Bonchev–Trinajstić information content (AvgIpc) is 2.29. The van der Waals surface area contributed by atoms with E-state index in [2.05, 4.69) is 0 Å². The van der Waals surface area contributed by atoms with Gasteiger partial charge in [-0.05, 0) is 37.6 Å². The van der Waals surface area contributed by atoms with Crippen LogP contribution in [0, 0.1) is 6.92 Å². The van der Waals surface area contributed by atoms with E-state index in [0.29, 0.717) is 10.8 Å². The molecule has 0 radical (unpaired) electrons. The van der Waals surface area contributed by atoms with Crippen LogP contribution >= 0.6 is 11.6 Å². The lowest BCUT2D eigenvalue weighted by Gasteiger charge is -2.14. The van der Waals surface area contributed by atoms with Crippen molar-refractivity contribution < 1.29 is 9.53 Å². The van der Waals surface area contributed by atoms with Gasteiger partial charge >= 0.3 is 0 Å². The number of carbonyl (C=O) groups excluding carboxylic acids is 1. The number of hydrogen-bond acceptors (Lipinski definition) is 3. The number of hydrogen-bond donors (Lipinski definition) is 0. The van der Waals surface area contributed by atoms with E-state index in [1.807, 2.05) is 27.1 Å². The van der Waals surface area contributed by atoms with Crippen LogP contribution in [-0.2, 0) is 4.79 Å². The van der Waals surface area contributed by atoms with Gasteiger partial charge in [0.1, 0.15) is 5.75 Å². The standard InChI is InChI=1S/C14H18ClNO2/c1-10-9-12(15)5-6-14(10)18-11(2)13(17)7-8-16(3)4/h5-9,11H,1-4H3/b8-7+. The molecule has 0 bridgehead atoms. The lowest BCUT2D eigenvalue weighted by atomic mass is 10.2. The molecule has 1 aromatic rings. The third kappa shape index (κ3) is 4.41. The Hall–Kier alpha value is -1.48. The Labute approximate surface area is 113 Å². The molecular weight excluding hydrogens is 250 g/mol.